The zero-order valence-corrected chi connectivity index (χ0v) is 23.6. The molecule has 4 aliphatic carbocycles. The first-order valence-corrected chi connectivity index (χ1v) is 13.8. The van der Waals surface area contributed by atoms with Crippen LogP contribution in [0.25, 0.3) is 0 Å². The van der Waals surface area contributed by atoms with Gasteiger partial charge in [-0.25, -0.2) is 9.18 Å². The second-order valence-corrected chi connectivity index (χ2v) is 11.9. The van der Waals surface area contributed by atoms with Crippen LogP contribution in [0.15, 0.2) is 23.8 Å². The van der Waals surface area contributed by atoms with Gasteiger partial charge in [-0.2, -0.15) is 13.2 Å². The van der Waals surface area contributed by atoms with E-state index < -0.39 is 77.0 Å². The van der Waals surface area contributed by atoms with E-state index in [-0.39, 0.29) is 38.3 Å². The summed E-state index contributed by atoms with van der Waals surface area (Å²) in [4.78, 5) is 50.2. The minimum absolute atomic E-state index is 0.0714. The number of alkyl halides is 4. The van der Waals surface area contributed by atoms with Crippen LogP contribution in [0.4, 0.5) is 17.6 Å². The molecule has 41 heavy (non-hydrogen) atoms. The molecule has 0 aromatic heterocycles. The van der Waals surface area contributed by atoms with Gasteiger partial charge in [0.1, 0.15) is 18.5 Å². The molecule has 0 spiro atoms. The maximum Gasteiger partial charge on any atom is 0.490 e. The lowest BCUT2D eigenvalue weighted by molar-refractivity contribution is -0.257. The van der Waals surface area contributed by atoms with Crippen LogP contribution in [0.5, 0.6) is 0 Å². The lowest BCUT2D eigenvalue weighted by Gasteiger charge is -2.63. The summed E-state index contributed by atoms with van der Waals surface area (Å²) in [5.74, 6) is -5.65. The van der Waals surface area contributed by atoms with Gasteiger partial charge >= 0.3 is 18.1 Å². The fourth-order valence-corrected chi connectivity index (χ4v) is 7.96. The summed E-state index contributed by atoms with van der Waals surface area (Å²) in [5, 5.41) is 0. The van der Waals surface area contributed by atoms with E-state index in [1.54, 1.807) is 13.8 Å². The molecule has 3 saturated carbocycles. The van der Waals surface area contributed by atoms with Gasteiger partial charge in [-0.3, -0.25) is 14.4 Å². The summed E-state index contributed by atoms with van der Waals surface area (Å²) in [7, 11) is 1.34. The normalized spacial score (nSPS) is 37.9. The lowest BCUT2D eigenvalue weighted by Crippen LogP contribution is -2.70. The van der Waals surface area contributed by atoms with E-state index in [1.165, 1.54) is 32.3 Å². The first-order chi connectivity index (χ1) is 19.1. The van der Waals surface area contributed by atoms with E-state index in [0.717, 1.165) is 0 Å². The van der Waals surface area contributed by atoms with Crippen molar-refractivity contribution in [3.05, 3.63) is 23.8 Å². The number of carbonyl (C=O) groups is 4. The highest BCUT2D eigenvalue weighted by molar-refractivity contribution is 6.01. The average Bonchev–Trinajstić information content (AvgIpc) is 3.19. The third kappa shape index (κ3) is 4.84. The van der Waals surface area contributed by atoms with Gasteiger partial charge in [0, 0.05) is 30.3 Å². The number of halogens is 4. The summed E-state index contributed by atoms with van der Waals surface area (Å²) < 4.78 is 79.6. The lowest BCUT2D eigenvalue weighted by atomic mass is 9.44. The van der Waals surface area contributed by atoms with Crippen molar-refractivity contribution in [1.82, 2.24) is 0 Å². The highest BCUT2D eigenvalue weighted by Crippen LogP contribution is 2.71. The van der Waals surface area contributed by atoms with Gasteiger partial charge in [-0.15, -0.1) is 0 Å². The van der Waals surface area contributed by atoms with Crippen LogP contribution in [-0.2, 0) is 38.1 Å². The summed E-state index contributed by atoms with van der Waals surface area (Å²) in [6.45, 7) is 3.91. The molecular weight excluding hydrogens is 552 g/mol. The first kappa shape index (κ1) is 31.3. The average molecular weight is 589 g/mol. The Labute approximate surface area is 235 Å². The van der Waals surface area contributed by atoms with Gasteiger partial charge in [0.15, 0.2) is 18.1 Å². The standard InChI is InChI=1S/C29H36F4O8/c1-5-6-23(36)39-15-21(35)27(40-16-38-4)12-10-19-20-8-7-17-13-18(34)9-11-25(17,2)28(20,30)22(14-26(19,27)3)41-24(37)29(31,32)33/h9,11,13,19-20,22H,5-8,10,12,14-16H2,1-4H3/t19-,20-,22-,25-,26-,27-,28-/m0/s1. The van der Waals surface area contributed by atoms with E-state index in [2.05, 4.69) is 0 Å². The molecule has 8 nitrogen and oxygen atoms in total. The number of Topliss-reactive ketones (excluding diaryl/α,β-unsaturated/α-hetero) is 1. The number of allylic oxidation sites excluding steroid dienone is 4. The Morgan fingerprint density at radius 1 is 1.12 bits per heavy atom. The van der Waals surface area contributed by atoms with Gasteiger partial charge in [-0.1, -0.05) is 25.5 Å². The molecule has 0 aliphatic heterocycles. The molecule has 0 aromatic carbocycles. The van der Waals surface area contributed by atoms with Crippen molar-refractivity contribution < 1.29 is 55.7 Å². The van der Waals surface area contributed by atoms with Gasteiger partial charge in [-0.05, 0) is 63.5 Å². The number of esters is 2. The van der Waals surface area contributed by atoms with Gasteiger partial charge in [0.25, 0.3) is 0 Å². The Morgan fingerprint density at radius 2 is 1.83 bits per heavy atom. The second kappa shape index (κ2) is 10.9. The smallest absolute Gasteiger partial charge is 0.458 e. The largest absolute Gasteiger partial charge is 0.490 e. The fraction of sp³-hybridized carbons (Fsp3) is 0.724. The molecule has 0 N–H and O–H groups in total. The summed E-state index contributed by atoms with van der Waals surface area (Å²) in [6, 6.07) is 0. The topological polar surface area (TPSA) is 105 Å². The SMILES string of the molecule is CCCC(=O)OCC(=O)[C@@]1(OCOC)CC[C@H]2[C@@H]3CCC4=CC(=O)C=C[C@]4(C)[C@@]3(F)[C@@H](OC(=O)C(F)(F)F)C[C@@]21C. The second-order valence-electron chi connectivity index (χ2n) is 11.9. The number of methoxy groups -OCH3 is 1. The number of rotatable bonds is 9. The minimum Gasteiger partial charge on any atom is -0.458 e. The van der Waals surface area contributed by atoms with Crippen LogP contribution >= 0.6 is 0 Å². The number of hydrogen-bond acceptors (Lipinski definition) is 8. The number of hydrogen-bond donors (Lipinski definition) is 0. The van der Waals surface area contributed by atoms with Crippen molar-refractivity contribution in [1.29, 1.82) is 0 Å². The van der Waals surface area contributed by atoms with Crippen LogP contribution in [0, 0.1) is 22.7 Å². The molecule has 0 radical (unpaired) electrons. The molecule has 0 unspecified atom stereocenters. The van der Waals surface area contributed by atoms with E-state index in [0.29, 0.717) is 18.4 Å². The molecule has 0 aromatic rings. The molecule has 0 saturated heterocycles. The van der Waals surface area contributed by atoms with Crippen molar-refractivity contribution in [2.75, 3.05) is 20.5 Å². The Kier molecular flexibility index (Phi) is 8.34. The van der Waals surface area contributed by atoms with E-state index in [9.17, 15) is 32.3 Å². The van der Waals surface area contributed by atoms with E-state index >= 15 is 4.39 Å². The summed E-state index contributed by atoms with van der Waals surface area (Å²) in [6.07, 6.45) is -2.58. The number of ether oxygens (including phenoxy) is 4. The third-order valence-electron chi connectivity index (χ3n) is 9.91. The quantitative estimate of drug-likeness (QED) is 0.216. The Morgan fingerprint density at radius 3 is 2.46 bits per heavy atom. The van der Waals surface area contributed by atoms with Crippen molar-refractivity contribution in [3.63, 3.8) is 0 Å². The summed E-state index contributed by atoms with van der Waals surface area (Å²) >= 11 is 0. The fourth-order valence-electron chi connectivity index (χ4n) is 7.96. The highest BCUT2D eigenvalue weighted by atomic mass is 19.4. The Balaban J connectivity index is 1.81. The van der Waals surface area contributed by atoms with Crippen LogP contribution in [0.3, 0.4) is 0 Å². The Hall–Kier alpha value is -2.60. The summed E-state index contributed by atoms with van der Waals surface area (Å²) in [5.41, 5.74) is -6.66. The molecule has 228 valence electrons. The van der Waals surface area contributed by atoms with Crippen molar-refractivity contribution in [2.45, 2.75) is 89.3 Å². The van der Waals surface area contributed by atoms with Crippen LogP contribution in [0.1, 0.15) is 65.7 Å². The molecule has 4 rings (SSSR count). The first-order valence-electron chi connectivity index (χ1n) is 13.8. The van der Waals surface area contributed by atoms with Crippen molar-refractivity contribution in [3.8, 4) is 0 Å². The van der Waals surface area contributed by atoms with E-state index in [4.69, 9.17) is 18.9 Å². The molecule has 0 heterocycles. The Bertz CT molecular complexity index is 1160. The molecular formula is C29H36F4O8. The number of carbonyl (C=O) groups excluding carboxylic acids is 4. The molecule has 0 bridgehead atoms. The zero-order chi connectivity index (χ0) is 30.4. The van der Waals surface area contributed by atoms with Crippen LogP contribution in [-0.4, -0.2) is 67.6 Å². The third-order valence-corrected chi connectivity index (χ3v) is 9.91. The number of fused-ring (bicyclic) bond motifs is 5. The zero-order valence-electron chi connectivity index (χ0n) is 23.6. The van der Waals surface area contributed by atoms with Crippen molar-refractivity contribution >= 4 is 23.5 Å². The van der Waals surface area contributed by atoms with Crippen molar-refractivity contribution in [2.24, 2.45) is 22.7 Å². The van der Waals surface area contributed by atoms with Gasteiger partial charge < -0.3 is 18.9 Å². The maximum absolute atomic E-state index is 17.9. The predicted molar refractivity (Wildman–Crippen MR) is 135 cm³/mol. The number of ketones is 2. The molecule has 0 amide bonds. The molecule has 12 heteroatoms. The monoisotopic (exact) mass is 588 g/mol. The molecule has 7 atom stereocenters. The molecule has 3 fully saturated rings. The maximum atomic E-state index is 17.9. The van der Waals surface area contributed by atoms with Gasteiger partial charge in [0.05, 0.1) is 0 Å². The minimum atomic E-state index is -5.39. The van der Waals surface area contributed by atoms with Crippen LogP contribution < -0.4 is 0 Å². The van der Waals surface area contributed by atoms with Crippen LogP contribution in [0.2, 0.25) is 0 Å². The molecule has 4 aliphatic rings. The van der Waals surface area contributed by atoms with E-state index in [1.807, 2.05) is 0 Å². The predicted octanol–water partition coefficient (Wildman–Crippen LogP) is 4.74. The highest BCUT2D eigenvalue weighted by Gasteiger charge is 2.76. The van der Waals surface area contributed by atoms with Gasteiger partial charge in [0.2, 0.25) is 5.78 Å².